The monoisotopic (exact) mass is 317 g/mol. The van der Waals surface area contributed by atoms with Gasteiger partial charge in [-0.15, -0.1) is 0 Å². The standard InChI is InChI=1S/C11H12INO2/c1-13-7-6-10(11(13)14)15-9-4-2-8(12)3-5-9/h2-5,10H,6-7H2,1H3. The minimum Gasteiger partial charge on any atom is -0.481 e. The van der Waals surface area contributed by atoms with E-state index in [1.807, 2.05) is 24.3 Å². The number of likely N-dealkylation sites (tertiary alicyclic amines) is 1. The van der Waals surface area contributed by atoms with Crippen molar-refractivity contribution in [2.45, 2.75) is 12.5 Å². The molecule has 2 rings (SSSR count). The van der Waals surface area contributed by atoms with E-state index in [9.17, 15) is 4.79 Å². The number of benzene rings is 1. The number of rotatable bonds is 2. The topological polar surface area (TPSA) is 29.5 Å². The first-order valence-corrected chi connectivity index (χ1v) is 5.92. The molecule has 1 saturated heterocycles. The van der Waals surface area contributed by atoms with Crippen molar-refractivity contribution in [2.24, 2.45) is 0 Å². The van der Waals surface area contributed by atoms with Crippen LogP contribution in [0.2, 0.25) is 0 Å². The van der Waals surface area contributed by atoms with Gasteiger partial charge in [-0.1, -0.05) is 0 Å². The normalized spacial score (nSPS) is 20.8. The molecule has 1 heterocycles. The van der Waals surface area contributed by atoms with Gasteiger partial charge in [-0.25, -0.2) is 0 Å². The summed E-state index contributed by atoms with van der Waals surface area (Å²) >= 11 is 2.24. The molecule has 15 heavy (non-hydrogen) atoms. The van der Waals surface area contributed by atoms with E-state index < -0.39 is 0 Å². The number of carbonyl (C=O) groups excluding carboxylic acids is 1. The van der Waals surface area contributed by atoms with Gasteiger partial charge in [0.2, 0.25) is 0 Å². The number of hydrogen-bond donors (Lipinski definition) is 0. The maximum absolute atomic E-state index is 11.6. The van der Waals surface area contributed by atoms with Crippen LogP contribution in [0, 0.1) is 3.57 Å². The highest BCUT2D eigenvalue weighted by molar-refractivity contribution is 14.1. The summed E-state index contributed by atoms with van der Waals surface area (Å²) in [6, 6.07) is 7.73. The Balaban J connectivity index is 2.03. The van der Waals surface area contributed by atoms with Gasteiger partial charge in [-0.2, -0.15) is 0 Å². The molecule has 1 unspecified atom stereocenters. The van der Waals surface area contributed by atoms with Crippen LogP contribution in [0.4, 0.5) is 0 Å². The molecule has 1 aliphatic heterocycles. The van der Waals surface area contributed by atoms with Crippen molar-refractivity contribution in [1.29, 1.82) is 0 Å². The molecule has 80 valence electrons. The Morgan fingerprint density at radius 3 is 2.60 bits per heavy atom. The highest BCUT2D eigenvalue weighted by Gasteiger charge is 2.30. The fourth-order valence-electron chi connectivity index (χ4n) is 1.58. The highest BCUT2D eigenvalue weighted by atomic mass is 127. The number of nitrogens with zero attached hydrogens (tertiary/aromatic N) is 1. The van der Waals surface area contributed by atoms with Crippen LogP contribution >= 0.6 is 22.6 Å². The van der Waals surface area contributed by atoms with Gasteiger partial charge in [0.25, 0.3) is 5.91 Å². The van der Waals surface area contributed by atoms with Crippen LogP contribution in [0.25, 0.3) is 0 Å². The predicted molar refractivity (Wildman–Crippen MR) is 65.8 cm³/mol. The fraction of sp³-hybridized carbons (Fsp3) is 0.364. The van der Waals surface area contributed by atoms with Gasteiger partial charge < -0.3 is 9.64 Å². The molecule has 0 aliphatic carbocycles. The van der Waals surface area contributed by atoms with E-state index in [-0.39, 0.29) is 12.0 Å². The van der Waals surface area contributed by atoms with Gasteiger partial charge >= 0.3 is 0 Å². The van der Waals surface area contributed by atoms with E-state index >= 15 is 0 Å². The molecule has 0 radical (unpaired) electrons. The van der Waals surface area contributed by atoms with Crippen LogP contribution in [-0.4, -0.2) is 30.5 Å². The summed E-state index contributed by atoms with van der Waals surface area (Å²) in [5.41, 5.74) is 0. The third-order valence-electron chi connectivity index (χ3n) is 2.47. The Labute approximate surface area is 103 Å². The summed E-state index contributed by atoms with van der Waals surface area (Å²) in [5, 5.41) is 0. The molecule has 1 atom stereocenters. The van der Waals surface area contributed by atoms with Crippen LogP contribution in [-0.2, 0) is 4.79 Å². The zero-order valence-corrected chi connectivity index (χ0v) is 10.6. The van der Waals surface area contributed by atoms with Gasteiger partial charge in [0, 0.05) is 23.6 Å². The average Bonchev–Trinajstić information content (AvgIpc) is 2.53. The maximum atomic E-state index is 11.6. The Morgan fingerprint density at radius 2 is 2.07 bits per heavy atom. The van der Waals surface area contributed by atoms with Gasteiger partial charge in [0.1, 0.15) is 5.75 Å². The molecule has 0 N–H and O–H groups in total. The zero-order valence-electron chi connectivity index (χ0n) is 8.44. The van der Waals surface area contributed by atoms with E-state index in [1.54, 1.807) is 11.9 Å². The Morgan fingerprint density at radius 1 is 1.40 bits per heavy atom. The largest absolute Gasteiger partial charge is 0.481 e. The van der Waals surface area contributed by atoms with Crippen molar-refractivity contribution in [3.8, 4) is 5.75 Å². The number of halogens is 1. The number of hydrogen-bond acceptors (Lipinski definition) is 2. The lowest BCUT2D eigenvalue weighted by Gasteiger charge is -2.12. The fourth-order valence-corrected chi connectivity index (χ4v) is 1.94. The molecule has 0 saturated carbocycles. The summed E-state index contributed by atoms with van der Waals surface area (Å²) in [6.07, 6.45) is 0.483. The van der Waals surface area contributed by atoms with E-state index in [0.29, 0.717) is 0 Å². The van der Waals surface area contributed by atoms with Crippen molar-refractivity contribution in [3.05, 3.63) is 27.8 Å². The van der Waals surface area contributed by atoms with Gasteiger partial charge in [-0.05, 0) is 46.9 Å². The SMILES string of the molecule is CN1CCC(Oc2ccc(I)cc2)C1=O. The average molecular weight is 317 g/mol. The van der Waals surface area contributed by atoms with Crippen LogP contribution in [0.15, 0.2) is 24.3 Å². The second-order valence-electron chi connectivity index (χ2n) is 3.61. The lowest BCUT2D eigenvalue weighted by Crippen LogP contribution is -2.29. The maximum Gasteiger partial charge on any atom is 0.263 e. The lowest BCUT2D eigenvalue weighted by molar-refractivity contribution is -0.132. The summed E-state index contributed by atoms with van der Waals surface area (Å²) in [5.74, 6) is 0.845. The second-order valence-corrected chi connectivity index (χ2v) is 4.85. The van der Waals surface area contributed by atoms with Gasteiger partial charge in [0.05, 0.1) is 0 Å². The quantitative estimate of drug-likeness (QED) is 0.780. The van der Waals surface area contributed by atoms with Crippen LogP contribution in [0.3, 0.4) is 0 Å². The number of carbonyl (C=O) groups is 1. The highest BCUT2D eigenvalue weighted by Crippen LogP contribution is 2.19. The molecule has 1 fully saturated rings. The first-order valence-electron chi connectivity index (χ1n) is 4.84. The number of amides is 1. The third kappa shape index (κ3) is 2.42. The van der Waals surface area contributed by atoms with Gasteiger partial charge in [0.15, 0.2) is 6.10 Å². The lowest BCUT2D eigenvalue weighted by atomic mass is 10.3. The van der Waals surface area contributed by atoms with E-state index in [4.69, 9.17) is 4.74 Å². The predicted octanol–water partition coefficient (Wildman–Crippen LogP) is 1.90. The van der Waals surface area contributed by atoms with E-state index in [0.717, 1.165) is 22.3 Å². The summed E-state index contributed by atoms with van der Waals surface area (Å²) < 4.78 is 6.78. The summed E-state index contributed by atoms with van der Waals surface area (Å²) in [6.45, 7) is 0.786. The molecule has 0 bridgehead atoms. The van der Waals surface area contributed by atoms with Gasteiger partial charge in [-0.3, -0.25) is 4.79 Å². The smallest absolute Gasteiger partial charge is 0.263 e. The molecule has 3 nitrogen and oxygen atoms in total. The zero-order chi connectivity index (χ0) is 10.8. The van der Waals surface area contributed by atoms with E-state index in [1.165, 1.54) is 0 Å². The molecule has 1 aromatic rings. The molecular formula is C11H12INO2. The van der Waals surface area contributed by atoms with E-state index in [2.05, 4.69) is 22.6 Å². The third-order valence-corrected chi connectivity index (χ3v) is 3.19. The Kier molecular flexibility index (Phi) is 3.14. The van der Waals surface area contributed by atoms with Crippen molar-refractivity contribution in [2.75, 3.05) is 13.6 Å². The Bertz CT molecular complexity index is 363. The molecule has 1 amide bonds. The van der Waals surface area contributed by atoms with Crippen LogP contribution in [0.1, 0.15) is 6.42 Å². The molecule has 4 heteroatoms. The molecule has 0 aromatic heterocycles. The molecule has 1 aromatic carbocycles. The molecule has 1 aliphatic rings. The summed E-state index contributed by atoms with van der Waals surface area (Å²) in [7, 11) is 1.81. The molecule has 0 spiro atoms. The first-order chi connectivity index (χ1) is 7.16. The summed E-state index contributed by atoms with van der Waals surface area (Å²) in [4.78, 5) is 13.3. The van der Waals surface area contributed by atoms with Crippen LogP contribution < -0.4 is 4.74 Å². The number of likely N-dealkylation sites (N-methyl/N-ethyl adjacent to an activating group) is 1. The van der Waals surface area contributed by atoms with Crippen molar-refractivity contribution < 1.29 is 9.53 Å². The Hall–Kier alpha value is -0.780. The minimum atomic E-state index is -0.296. The minimum absolute atomic E-state index is 0.0774. The number of ether oxygens (including phenoxy) is 1. The van der Waals surface area contributed by atoms with Crippen molar-refractivity contribution >= 4 is 28.5 Å². The molecular weight excluding hydrogens is 305 g/mol. The first kappa shape index (κ1) is 10.7. The van der Waals surface area contributed by atoms with Crippen molar-refractivity contribution in [3.63, 3.8) is 0 Å². The van der Waals surface area contributed by atoms with Crippen molar-refractivity contribution in [1.82, 2.24) is 4.90 Å². The van der Waals surface area contributed by atoms with Crippen LogP contribution in [0.5, 0.6) is 5.75 Å². The second kappa shape index (κ2) is 4.38.